The van der Waals surface area contributed by atoms with Crippen molar-refractivity contribution in [3.05, 3.63) is 48.5 Å². The van der Waals surface area contributed by atoms with Gasteiger partial charge in [0, 0.05) is 16.9 Å². The summed E-state index contributed by atoms with van der Waals surface area (Å²) in [4.78, 5) is 0. The van der Waals surface area contributed by atoms with Crippen molar-refractivity contribution in [2.24, 2.45) is 5.73 Å². The Hall–Kier alpha value is -2.31. The van der Waals surface area contributed by atoms with Gasteiger partial charge in [-0.2, -0.15) is 0 Å². The quantitative estimate of drug-likeness (QED) is 0.410. The lowest BCUT2D eigenvalue weighted by Gasteiger charge is -2.23. The molecule has 0 fully saturated rings. The Bertz CT molecular complexity index is 667. The minimum absolute atomic E-state index is 0.125. The van der Waals surface area contributed by atoms with Crippen LogP contribution in [-0.2, 0) is 0 Å². The number of nitrogens with two attached hydrogens (primary N) is 1. The van der Waals surface area contributed by atoms with E-state index in [1.165, 1.54) is 0 Å². The average Bonchev–Trinajstić information content (AvgIpc) is 2.77. The highest BCUT2D eigenvalue weighted by atomic mass is 32.1. The Balaban J connectivity index is 0.000000479. The maximum absolute atomic E-state index is 5.90. The first-order valence-corrected chi connectivity index (χ1v) is 11.1. The highest BCUT2D eigenvalue weighted by Crippen LogP contribution is 2.18. The van der Waals surface area contributed by atoms with Crippen LogP contribution in [-0.4, -0.2) is 23.9 Å². The van der Waals surface area contributed by atoms with E-state index in [0.717, 1.165) is 42.1 Å². The third-order valence-corrected chi connectivity index (χ3v) is 5.16. The smallest absolute Gasteiger partial charge is 0.175 e. The van der Waals surface area contributed by atoms with E-state index in [1.807, 2.05) is 62.4 Å². The molecule has 0 unspecified atom stereocenters. The zero-order valence-corrected chi connectivity index (χ0v) is 19.8. The number of hydrogen-bond acceptors (Lipinski definition) is 4. The highest BCUT2D eigenvalue weighted by Gasteiger charge is 2.15. The molecule has 0 atom stereocenters. The van der Waals surface area contributed by atoms with Gasteiger partial charge in [-0.1, -0.05) is 20.8 Å². The van der Waals surface area contributed by atoms with Crippen molar-refractivity contribution < 1.29 is 9.47 Å². The van der Waals surface area contributed by atoms with Crippen LogP contribution in [0.2, 0.25) is 0 Å². The summed E-state index contributed by atoms with van der Waals surface area (Å²) < 4.78 is 10.8. The molecule has 0 bridgehead atoms. The standard InChI is InChI=1S/C17H20N2O2S.C7H17N/c1-3-20-15-9-5-13(6-10-15)18-17(22)19-14-7-11-16(12-8-14)21-4-2;1-4-7(8,5-2)6-3/h5-12H,3-4H2,1-2H3,(H2,18,19,22);4-6,8H2,1-3H3. The minimum Gasteiger partial charge on any atom is -0.494 e. The van der Waals surface area contributed by atoms with Crippen LogP contribution in [0.1, 0.15) is 53.9 Å². The van der Waals surface area contributed by atoms with Crippen molar-refractivity contribution in [1.29, 1.82) is 0 Å². The second-order valence-corrected chi connectivity index (χ2v) is 7.33. The van der Waals surface area contributed by atoms with E-state index in [-0.39, 0.29) is 5.54 Å². The van der Waals surface area contributed by atoms with Crippen molar-refractivity contribution in [2.75, 3.05) is 23.8 Å². The molecule has 0 aliphatic carbocycles. The summed E-state index contributed by atoms with van der Waals surface area (Å²) in [6.45, 7) is 11.7. The van der Waals surface area contributed by atoms with Crippen molar-refractivity contribution in [3.8, 4) is 11.5 Å². The molecule has 0 aliphatic heterocycles. The van der Waals surface area contributed by atoms with Gasteiger partial charge in [-0.3, -0.25) is 0 Å². The molecule has 30 heavy (non-hydrogen) atoms. The first-order chi connectivity index (χ1) is 14.4. The van der Waals surface area contributed by atoms with Crippen molar-refractivity contribution in [2.45, 2.75) is 59.4 Å². The summed E-state index contributed by atoms with van der Waals surface area (Å²) in [7, 11) is 0. The van der Waals surface area contributed by atoms with Gasteiger partial charge < -0.3 is 25.8 Å². The van der Waals surface area contributed by atoms with Gasteiger partial charge in [-0.25, -0.2) is 0 Å². The lowest BCUT2D eigenvalue weighted by molar-refractivity contribution is 0.340. The van der Waals surface area contributed by atoms with Gasteiger partial charge in [0.1, 0.15) is 11.5 Å². The largest absolute Gasteiger partial charge is 0.494 e. The Kier molecular flexibility index (Phi) is 11.9. The second-order valence-electron chi connectivity index (χ2n) is 6.92. The summed E-state index contributed by atoms with van der Waals surface area (Å²) in [5.74, 6) is 1.69. The van der Waals surface area contributed by atoms with E-state index in [9.17, 15) is 0 Å². The topological polar surface area (TPSA) is 68.5 Å². The molecule has 0 heterocycles. The summed E-state index contributed by atoms with van der Waals surface area (Å²) in [5, 5.41) is 6.80. The lowest BCUT2D eigenvalue weighted by atomic mass is 9.92. The number of nitrogens with one attached hydrogen (secondary N) is 2. The fraction of sp³-hybridized carbons (Fsp3) is 0.458. The van der Waals surface area contributed by atoms with Crippen LogP contribution in [0.15, 0.2) is 48.5 Å². The van der Waals surface area contributed by atoms with E-state index in [2.05, 4.69) is 31.4 Å². The van der Waals surface area contributed by atoms with Gasteiger partial charge in [0.25, 0.3) is 0 Å². The number of anilines is 2. The first kappa shape index (κ1) is 25.7. The minimum atomic E-state index is 0.125. The number of benzene rings is 2. The predicted octanol–water partition coefficient (Wildman–Crippen LogP) is 6.21. The number of rotatable bonds is 9. The molecule has 4 N–H and O–H groups in total. The van der Waals surface area contributed by atoms with E-state index >= 15 is 0 Å². The fourth-order valence-electron chi connectivity index (χ4n) is 2.65. The predicted molar refractivity (Wildman–Crippen MR) is 133 cm³/mol. The Morgan fingerprint density at radius 3 is 1.30 bits per heavy atom. The van der Waals surface area contributed by atoms with Crippen LogP contribution in [0.3, 0.4) is 0 Å². The van der Waals surface area contributed by atoms with Gasteiger partial charge in [-0.15, -0.1) is 0 Å². The molecule has 2 aromatic carbocycles. The Labute approximate surface area is 187 Å². The fourth-order valence-corrected chi connectivity index (χ4v) is 2.88. The summed E-state index contributed by atoms with van der Waals surface area (Å²) in [6.07, 6.45) is 3.29. The zero-order valence-electron chi connectivity index (χ0n) is 19.0. The number of ether oxygens (including phenoxy) is 2. The summed E-state index contributed by atoms with van der Waals surface area (Å²) in [6, 6.07) is 15.3. The molecule has 0 radical (unpaired) electrons. The molecular formula is C24H37N3O2S. The van der Waals surface area contributed by atoms with Gasteiger partial charge in [0.2, 0.25) is 0 Å². The number of thiocarbonyl (C=S) groups is 1. The van der Waals surface area contributed by atoms with Gasteiger partial charge in [0.15, 0.2) is 5.11 Å². The Morgan fingerprint density at radius 1 is 0.733 bits per heavy atom. The first-order valence-electron chi connectivity index (χ1n) is 10.7. The lowest BCUT2D eigenvalue weighted by Crippen LogP contribution is -2.37. The third kappa shape index (κ3) is 9.46. The molecule has 0 aromatic heterocycles. The van der Waals surface area contributed by atoms with Crippen LogP contribution in [0.5, 0.6) is 11.5 Å². The van der Waals surface area contributed by atoms with E-state index in [4.69, 9.17) is 27.4 Å². The molecule has 0 spiro atoms. The maximum Gasteiger partial charge on any atom is 0.175 e. The van der Waals surface area contributed by atoms with Crippen LogP contribution in [0.25, 0.3) is 0 Å². The van der Waals surface area contributed by atoms with Crippen molar-refractivity contribution >= 4 is 28.7 Å². The van der Waals surface area contributed by atoms with E-state index < -0.39 is 0 Å². The number of hydrogen-bond donors (Lipinski definition) is 3. The van der Waals surface area contributed by atoms with Gasteiger partial charge in [-0.05, 0) is 93.9 Å². The second kappa shape index (κ2) is 13.8. The average molecular weight is 432 g/mol. The molecule has 2 aromatic rings. The normalized spacial score (nSPS) is 10.5. The van der Waals surface area contributed by atoms with Crippen LogP contribution < -0.4 is 25.8 Å². The summed E-state index contributed by atoms with van der Waals surface area (Å²) in [5.41, 5.74) is 7.84. The third-order valence-electron chi connectivity index (χ3n) is 4.96. The van der Waals surface area contributed by atoms with Crippen molar-refractivity contribution in [1.82, 2.24) is 0 Å². The molecule has 0 saturated carbocycles. The van der Waals surface area contributed by atoms with Crippen LogP contribution >= 0.6 is 12.2 Å². The Morgan fingerprint density at radius 2 is 1.07 bits per heavy atom. The van der Waals surface area contributed by atoms with Crippen molar-refractivity contribution in [3.63, 3.8) is 0 Å². The monoisotopic (exact) mass is 431 g/mol. The molecule has 5 nitrogen and oxygen atoms in total. The molecule has 6 heteroatoms. The van der Waals surface area contributed by atoms with Gasteiger partial charge in [0.05, 0.1) is 13.2 Å². The van der Waals surface area contributed by atoms with Crippen LogP contribution in [0.4, 0.5) is 11.4 Å². The summed E-state index contributed by atoms with van der Waals surface area (Å²) >= 11 is 5.30. The molecule has 166 valence electrons. The molecule has 0 saturated heterocycles. The SMILES string of the molecule is CCC(N)(CC)CC.CCOc1ccc(NC(=S)Nc2ccc(OCC)cc2)cc1. The molecule has 0 amide bonds. The van der Waals surface area contributed by atoms with Gasteiger partial charge >= 0.3 is 0 Å². The maximum atomic E-state index is 5.90. The molecule has 2 rings (SSSR count). The van der Waals surface area contributed by atoms with Crippen LogP contribution in [0, 0.1) is 0 Å². The molecule has 0 aliphatic rings. The molecular weight excluding hydrogens is 394 g/mol. The zero-order chi connectivity index (χ0) is 22.4. The van der Waals surface area contributed by atoms with E-state index in [0.29, 0.717) is 18.3 Å². The van der Waals surface area contributed by atoms with E-state index in [1.54, 1.807) is 0 Å². The highest BCUT2D eigenvalue weighted by molar-refractivity contribution is 7.80.